The summed E-state index contributed by atoms with van der Waals surface area (Å²) >= 11 is 3.17. The van der Waals surface area contributed by atoms with Crippen LogP contribution in [0.2, 0.25) is 0 Å². The molecule has 88 valence electrons. The first-order valence-corrected chi connectivity index (χ1v) is 7.36. The summed E-state index contributed by atoms with van der Waals surface area (Å²) in [5.74, 6) is 1.30. The molecule has 0 aliphatic rings. The van der Waals surface area contributed by atoms with Gasteiger partial charge in [0.15, 0.2) is 0 Å². The van der Waals surface area contributed by atoms with Gasteiger partial charge in [-0.05, 0) is 18.4 Å². The second kappa shape index (κ2) is 7.60. The van der Waals surface area contributed by atoms with Gasteiger partial charge in [0, 0.05) is 17.2 Å². The second-order valence-electron chi connectivity index (χ2n) is 3.09. The highest BCUT2D eigenvalue weighted by Crippen LogP contribution is 2.24. The Morgan fingerprint density at radius 1 is 1.44 bits per heavy atom. The van der Waals surface area contributed by atoms with Gasteiger partial charge in [-0.25, -0.2) is 0 Å². The number of hydrogen-bond acceptors (Lipinski definition) is 4. The Hall–Kier alpha value is -0.650. The van der Waals surface area contributed by atoms with E-state index in [1.54, 1.807) is 23.5 Å². The molecule has 0 spiro atoms. The third kappa shape index (κ3) is 4.47. The van der Waals surface area contributed by atoms with Crippen LogP contribution in [0.4, 0.5) is 5.69 Å². The predicted octanol–water partition coefficient (Wildman–Crippen LogP) is 2.04. The number of anilines is 1. The van der Waals surface area contributed by atoms with E-state index in [1.807, 2.05) is 30.5 Å². The van der Waals surface area contributed by atoms with Gasteiger partial charge >= 0.3 is 0 Å². The fourth-order valence-corrected chi connectivity index (χ4v) is 2.30. The van der Waals surface area contributed by atoms with Crippen LogP contribution < -0.4 is 11.1 Å². The first kappa shape index (κ1) is 13.4. The molecule has 0 aliphatic carbocycles. The van der Waals surface area contributed by atoms with Crippen molar-refractivity contribution in [2.24, 2.45) is 5.73 Å². The summed E-state index contributed by atoms with van der Waals surface area (Å²) in [5.41, 5.74) is 6.24. The summed E-state index contributed by atoms with van der Waals surface area (Å²) in [6.07, 6.45) is 1.99. The largest absolute Gasteiger partial charge is 0.330 e. The van der Waals surface area contributed by atoms with E-state index in [2.05, 4.69) is 5.32 Å². The maximum Gasteiger partial charge on any atom is 0.234 e. The Bertz CT molecular complexity index is 345. The topological polar surface area (TPSA) is 55.1 Å². The van der Waals surface area contributed by atoms with Crippen LogP contribution in [0.25, 0.3) is 0 Å². The minimum Gasteiger partial charge on any atom is -0.330 e. The Morgan fingerprint density at radius 3 is 2.88 bits per heavy atom. The smallest absolute Gasteiger partial charge is 0.234 e. The van der Waals surface area contributed by atoms with Gasteiger partial charge in [0.1, 0.15) is 0 Å². The fraction of sp³-hybridized carbons (Fsp3) is 0.364. The molecule has 16 heavy (non-hydrogen) atoms. The number of nitrogens with one attached hydrogen (secondary N) is 1. The highest BCUT2D eigenvalue weighted by atomic mass is 32.2. The summed E-state index contributed by atoms with van der Waals surface area (Å²) in [6, 6.07) is 7.79. The lowest BCUT2D eigenvalue weighted by molar-refractivity contribution is -0.113. The summed E-state index contributed by atoms with van der Waals surface area (Å²) in [6.45, 7) is 0.610. The molecule has 0 fully saturated rings. The van der Waals surface area contributed by atoms with Crippen LogP contribution >= 0.6 is 23.5 Å². The summed E-state index contributed by atoms with van der Waals surface area (Å²) < 4.78 is 0. The minimum atomic E-state index is 0.0277. The molecule has 0 saturated heterocycles. The van der Waals surface area contributed by atoms with Crippen molar-refractivity contribution in [3.63, 3.8) is 0 Å². The van der Waals surface area contributed by atoms with E-state index >= 15 is 0 Å². The molecular weight excluding hydrogens is 240 g/mol. The first-order chi connectivity index (χ1) is 7.77. The van der Waals surface area contributed by atoms with Crippen molar-refractivity contribution in [2.45, 2.75) is 4.90 Å². The van der Waals surface area contributed by atoms with Crippen LogP contribution in [0.1, 0.15) is 0 Å². The van der Waals surface area contributed by atoms with Crippen molar-refractivity contribution in [2.75, 3.05) is 29.6 Å². The highest BCUT2D eigenvalue weighted by Gasteiger charge is 2.05. The zero-order valence-corrected chi connectivity index (χ0v) is 10.9. The third-order valence-corrected chi connectivity index (χ3v) is 3.66. The predicted molar refractivity (Wildman–Crippen MR) is 73.2 cm³/mol. The molecular formula is C11H16N2OS2. The van der Waals surface area contributed by atoms with E-state index in [1.165, 1.54) is 0 Å². The number of benzene rings is 1. The molecule has 1 amide bonds. The number of rotatable bonds is 6. The Labute approximate surface area is 105 Å². The van der Waals surface area contributed by atoms with Gasteiger partial charge < -0.3 is 11.1 Å². The molecule has 0 radical (unpaired) electrons. The van der Waals surface area contributed by atoms with Crippen LogP contribution in [0.5, 0.6) is 0 Å². The lowest BCUT2D eigenvalue weighted by atomic mass is 10.3. The molecule has 0 unspecified atom stereocenters. The lowest BCUT2D eigenvalue weighted by Gasteiger charge is -2.08. The average Bonchev–Trinajstić information content (AvgIpc) is 2.30. The number of para-hydroxylation sites is 1. The standard InChI is InChI=1S/C11H16N2OS2/c1-15-10-5-3-2-4-9(10)13-11(14)8-16-7-6-12/h2-5H,6-8,12H2,1H3,(H,13,14). The van der Waals surface area contributed by atoms with Gasteiger partial charge in [-0.1, -0.05) is 12.1 Å². The van der Waals surface area contributed by atoms with Gasteiger partial charge in [-0.2, -0.15) is 11.8 Å². The lowest BCUT2D eigenvalue weighted by Crippen LogP contribution is -2.15. The number of nitrogens with two attached hydrogens (primary N) is 1. The zero-order chi connectivity index (χ0) is 11.8. The molecule has 3 N–H and O–H groups in total. The fourth-order valence-electron chi connectivity index (χ4n) is 1.18. The number of amides is 1. The maximum atomic E-state index is 11.6. The molecule has 5 heteroatoms. The molecule has 0 heterocycles. The normalized spacial score (nSPS) is 10.1. The summed E-state index contributed by atoms with van der Waals surface area (Å²) in [5, 5.41) is 2.90. The molecule has 3 nitrogen and oxygen atoms in total. The van der Waals surface area contributed by atoms with E-state index in [0.717, 1.165) is 16.3 Å². The Morgan fingerprint density at radius 2 is 2.19 bits per heavy atom. The van der Waals surface area contributed by atoms with Crippen molar-refractivity contribution in [3.05, 3.63) is 24.3 Å². The molecule has 1 rings (SSSR count). The van der Waals surface area contributed by atoms with Gasteiger partial charge in [-0.15, -0.1) is 11.8 Å². The summed E-state index contributed by atoms with van der Waals surface area (Å²) in [7, 11) is 0. The van der Waals surface area contributed by atoms with Crippen molar-refractivity contribution < 1.29 is 4.79 Å². The van der Waals surface area contributed by atoms with E-state index in [0.29, 0.717) is 12.3 Å². The monoisotopic (exact) mass is 256 g/mol. The van der Waals surface area contributed by atoms with Gasteiger partial charge in [-0.3, -0.25) is 4.79 Å². The number of thioether (sulfide) groups is 2. The molecule has 0 atom stereocenters. The molecule has 1 aromatic carbocycles. The average molecular weight is 256 g/mol. The van der Waals surface area contributed by atoms with E-state index in [4.69, 9.17) is 5.73 Å². The minimum absolute atomic E-state index is 0.0277. The molecule has 0 aliphatic heterocycles. The van der Waals surface area contributed by atoms with E-state index < -0.39 is 0 Å². The van der Waals surface area contributed by atoms with Crippen molar-refractivity contribution in [3.8, 4) is 0 Å². The van der Waals surface area contributed by atoms with Crippen LogP contribution in [0, 0.1) is 0 Å². The Kier molecular flexibility index (Phi) is 6.37. The number of carbonyl (C=O) groups is 1. The van der Waals surface area contributed by atoms with Gasteiger partial charge in [0.2, 0.25) is 5.91 Å². The van der Waals surface area contributed by atoms with Gasteiger partial charge in [0.05, 0.1) is 11.4 Å². The Balaban J connectivity index is 2.49. The highest BCUT2D eigenvalue weighted by molar-refractivity contribution is 8.00. The molecule has 1 aromatic rings. The van der Waals surface area contributed by atoms with Crippen molar-refractivity contribution in [1.82, 2.24) is 0 Å². The maximum absolute atomic E-state index is 11.6. The zero-order valence-electron chi connectivity index (χ0n) is 9.23. The quantitative estimate of drug-likeness (QED) is 0.604. The van der Waals surface area contributed by atoms with E-state index in [9.17, 15) is 4.79 Å². The first-order valence-electron chi connectivity index (χ1n) is 4.98. The van der Waals surface area contributed by atoms with Crippen molar-refractivity contribution >= 4 is 35.1 Å². The summed E-state index contributed by atoms with van der Waals surface area (Å²) in [4.78, 5) is 12.7. The second-order valence-corrected chi connectivity index (χ2v) is 5.04. The number of carbonyl (C=O) groups excluding carboxylic acids is 1. The van der Waals surface area contributed by atoms with Crippen molar-refractivity contribution in [1.29, 1.82) is 0 Å². The third-order valence-electron chi connectivity index (χ3n) is 1.88. The molecule has 0 bridgehead atoms. The SMILES string of the molecule is CSc1ccccc1NC(=O)CSCCN. The molecule has 0 aromatic heterocycles. The van der Waals surface area contributed by atoms with E-state index in [-0.39, 0.29) is 5.91 Å². The van der Waals surface area contributed by atoms with Crippen LogP contribution in [-0.2, 0) is 4.79 Å². The van der Waals surface area contributed by atoms with Crippen LogP contribution in [0.15, 0.2) is 29.2 Å². The van der Waals surface area contributed by atoms with Crippen LogP contribution in [-0.4, -0.2) is 30.2 Å². The van der Waals surface area contributed by atoms with Crippen LogP contribution in [0.3, 0.4) is 0 Å². The molecule has 0 saturated carbocycles. The van der Waals surface area contributed by atoms with Gasteiger partial charge in [0.25, 0.3) is 0 Å². The number of hydrogen-bond donors (Lipinski definition) is 2.